The molecule has 27 heavy (non-hydrogen) atoms. The third-order valence-corrected chi connectivity index (χ3v) is 5.71. The first-order valence-electron chi connectivity index (χ1n) is 7.84. The Labute approximate surface area is 166 Å². The molecule has 7 nitrogen and oxygen atoms in total. The lowest BCUT2D eigenvalue weighted by molar-refractivity contribution is -0.114. The van der Waals surface area contributed by atoms with E-state index in [4.69, 9.17) is 0 Å². The molecule has 1 N–H and O–H groups in total. The zero-order valence-electron chi connectivity index (χ0n) is 15.0. The number of sulfonamides is 1. The van der Waals surface area contributed by atoms with Gasteiger partial charge in [0.15, 0.2) is 0 Å². The van der Waals surface area contributed by atoms with Gasteiger partial charge in [0.2, 0.25) is 15.9 Å². The lowest BCUT2D eigenvalue weighted by Gasteiger charge is -2.22. The van der Waals surface area contributed by atoms with Crippen molar-refractivity contribution in [2.75, 3.05) is 29.5 Å². The van der Waals surface area contributed by atoms with Crippen molar-refractivity contribution in [3.05, 3.63) is 58.1 Å². The largest absolute Gasteiger partial charge is 0.465 e. The van der Waals surface area contributed by atoms with Gasteiger partial charge in [-0.2, -0.15) is 0 Å². The molecule has 0 aliphatic rings. The van der Waals surface area contributed by atoms with E-state index in [0.29, 0.717) is 11.4 Å². The van der Waals surface area contributed by atoms with Crippen molar-refractivity contribution in [3.8, 4) is 0 Å². The van der Waals surface area contributed by atoms with Gasteiger partial charge in [-0.1, -0.05) is 22.0 Å². The number of anilines is 2. The Kier molecular flexibility index (Phi) is 6.61. The molecule has 144 valence electrons. The summed E-state index contributed by atoms with van der Waals surface area (Å²) in [7, 11) is -2.42. The molecule has 0 spiro atoms. The molecule has 1 amide bonds. The van der Waals surface area contributed by atoms with Crippen molar-refractivity contribution < 1.29 is 22.7 Å². The van der Waals surface area contributed by atoms with E-state index in [-0.39, 0.29) is 5.56 Å². The summed E-state index contributed by atoms with van der Waals surface area (Å²) in [6, 6.07) is 11.2. The summed E-state index contributed by atoms with van der Waals surface area (Å²) in [5.74, 6) is -1.07. The average Bonchev–Trinajstić information content (AvgIpc) is 2.60. The van der Waals surface area contributed by atoms with Crippen LogP contribution >= 0.6 is 15.9 Å². The maximum Gasteiger partial charge on any atom is 0.337 e. The number of amides is 1. The molecule has 0 saturated heterocycles. The van der Waals surface area contributed by atoms with Crippen molar-refractivity contribution in [2.45, 2.75) is 6.92 Å². The third-order valence-electron chi connectivity index (χ3n) is 3.68. The van der Waals surface area contributed by atoms with Gasteiger partial charge >= 0.3 is 5.97 Å². The van der Waals surface area contributed by atoms with Gasteiger partial charge in [-0.3, -0.25) is 9.10 Å². The van der Waals surface area contributed by atoms with Crippen molar-refractivity contribution in [3.63, 3.8) is 0 Å². The molecule has 0 aliphatic carbocycles. The molecular formula is C18H19BrN2O5S. The molecule has 0 heterocycles. The van der Waals surface area contributed by atoms with Crippen LogP contribution in [0, 0.1) is 6.92 Å². The Morgan fingerprint density at radius 2 is 1.89 bits per heavy atom. The molecule has 0 radical (unpaired) electrons. The number of methoxy groups -OCH3 is 1. The SMILES string of the molecule is COC(=O)c1cccc(NC(=O)CN(c2ccc(Br)c(C)c2)S(C)(=O)=O)c1. The summed E-state index contributed by atoms with van der Waals surface area (Å²) in [6.07, 6.45) is 1.04. The predicted molar refractivity (Wildman–Crippen MR) is 107 cm³/mol. The van der Waals surface area contributed by atoms with E-state index in [1.807, 2.05) is 6.92 Å². The molecule has 0 atom stereocenters. The van der Waals surface area contributed by atoms with Gasteiger partial charge in [-0.15, -0.1) is 0 Å². The number of hydrogen-bond acceptors (Lipinski definition) is 5. The van der Waals surface area contributed by atoms with E-state index in [1.54, 1.807) is 36.4 Å². The van der Waals surface area contributed by atoms with E-state index < -0.39 is 28.4 Å². The Morgan fingerprint density at radius 3 is 2.48 bits per heavy atom. The maximum atomic E-state index is 12.4. The van der Waals surface area contributed by atoms with Crippen molar-refractivity contribution in [2.24, 2.45) is 0 Å². The van der Waals surface area contributed by atoms with Crippen LogP contribution in [0.2, 0.25) is 0 Å². The van der Waals surface area contributed by atoms with E-state index in [0.717, 1.165) is 20.6 Å². The Bertz CT molecular complexity index is 975. The number of ether oxygens (including phenoxy) is 1. The second-order valence-electron chi connectivity index (χ2n) is 5.82. The zero-order valence-corrected chi connectivity index (χ0v) is 17.4. The quantitative estimate of drug-likeness (QED) is 0.677. The molecule has 0 aliphatic heterocycles. The fraction of sp³-hybridized carbons (Fsp3) is 0.222. The van der Waals surface area contributed by atoms with Crippen molar-refractivity contribution in [1.82, 2.24) is 0 Å². The topological polar surface area (TPSA) is 92.8 Å². The van der Waals surface area contributed by atoms with Crippen LogP contribution in [0.15, 0.2) is 46.9 Å². The van der Waals surface area contributed by atoms with Crippen LogP contribution in [0.3, 0.4) is 0 Å². The Balaban J connectivity index is 2.22. The molecule has 9 heteroatoms. The second-order valence-corrected chi connectivity index (χ2v) is 8.58. The molecule has 0 unspecified atom stereocenters. The summed E-state index contributed by atoms with van der Waals surface area (Å²) >= 11 is 3.36. The van der Waals surface area contributed by atoms with Gasteiger partial charge in [0.05, 0.1) is 24.6 Å². The molecule has 2 aromatic rings. The first-order valence-corrected chi connectivity index (χ1v) is 10.5. The lowest BCUT2D eigenvalue weighted by atomic mass is 10.2. The number of carbonyl (C=O) groups is 2. The predicted octanol–water partition coefficient (Wildman–Crippen LogP) is 2.95. The van der Waals surface area contributed by atoms with Gasteiger partial charge in [0.25, 0.3) is 0 Å². The highest BCUT2D eigenvalue weighted by atomic mass is 79.9. The number of nitrogens with zero attached hydrogens (tertiary/aromatic N) is 1. The number of esters is 1. The molecular weight excluding hydrogens is 436 g/mol. The van der Waals surface area contributed by atoms with Gasteiger partial charge in [0, 0.05) is 10.2 Å². The van der Waals surface area contributed by atoms with E-state index in [9.17, 15) is 18.0 Å². The molecule has 0 saturated carbocycles. The summed E-state index contributed by atoms with van der Waals surface area (Å²) in [4.78, 5) is 24.0. The summed E-state index contributed by atoms with van der Waals surface area (Å²) in [5, 5.41) is 2.60. The van der Waals surface area contributed by atoms with Crippen LogP contribution in [0.5, 0.6) is 0 Å². The van der Waals surface area contributed by atoms with E-state index >= 15 is 0 Å². The number of rotatable bonds is 6. The van der Waals surface area contributed by atoms with Crippen LogP contribution in [-0.4, -0.2) is 40.2 Å². The fourth-order valence-electron chi connectivity index (χ4n) is 2.36. The molecule has 2 rings (SSSR count). The smallest absolute Gasteiger partial charge is 0.337 e. The first-order chi connectivity index (χ1) is 12.6. The van der Waals surface area contributed by atoms with E-state index in [1.165, 1.54) is 13.2 Å². The maximum absolute atomic E-state index is 12.4. The Hall–Kier alpha value is -2.39. The third kappa shape index (κ3) is 5.54. The minimum atomic E-state index is -3.68. The fourth-order valence-corrected chi connectivity index (χ4v) is 3.45. The Morgan fingerprint density at radius 1 is 1.19 bits per heavy atom. The molecule has 2 aromatic carbocycles. The van der Waals surface area contributed by atoms with Crippen LogP contribution in [-0.2, 0) is 19.6 Å². The minimum Gasteiger partial charge on any atom is -0.465 e. The van der Waals surface area contributed by atoms with Gasteiger partial charge in [-0.05, 0) is 48.9 Å². The van der Waals surface area contributed by atoms with Gasteiger partial charge in [0.1, 0.15) is 6.54 Å². The van der Waals surface area contributed by atoms with Crippen LogP contribution in [0.25, 0.3) is 0 Å². The second kappa shape index (κ2) is 8.53. The minimum absolute atomic E-state index is 0.277. The zero-order chi connectivity index (χ0) is 20.2. The standard InChI is InChI=1S/C18H19BrN2O5S/c1-12-9-15(7-8-16(12)19)21(27(3,24)25)11-17(22)20-14-6-4-5-13(10-14)18(23)26-2/h4-10H,11H2,1-3H3,(H,20,22). The number of halogens is 1. The lowest BCUT2D eigenvalue weighted by Crippen LogP contribution is -2.37. The van der Waals surface area contributed by atoms with E-state index in [2.05, 4.69) is 26.0 Å². The highest BCUT2D eigenvalue weighted by molar-refractivity contribution is 9.10. The van der Waals surface area contributed by atoms with Crippen molar-refractivity contribution >= 4 is 49.2 Å². The van der Waals surface area contributed by atoms with Gasteiger partial charge < -0.3 is 10.1 Å². The highest BCUT2D eigenvalue weighted by Gasteiger charge is 2.21. The number of nitrogens with one attached hydrogen (secondary N) is 1. The average molecular weight is 455 g/mol. The first kappa shape index (κ1) is 20.9. The van der Waals surface area contributed by atoms with Crippen LogP contribution < -0.4 is 9.62 Å². The normalized spacial score (nSPS) is 11.0. The van der Waals surface area contributed by atoms with Crippen LogP contribution in [0.4, 0.5) is 11.4 Å². The van der Waals surface area contributed by atoms with Gasteiger partial charge in [-0.25, -0.2) is 13.2 Å². The highest BCUT2D eigenvalue weighted by Crippen LogP contribution is 2.24. The number of aryl methyl sites for hydroxylation is 1. The van der Waals surface area contributed by atoms with Crippen molar-refractivity contribution in [1.29, 1.82) is 0 Å². The monoisotopic (exact) mass is 454 g/mol. The van der Waals surface area contributed by atoms with Crippen LogP contribution in [0.1, 0.15) is 15.9 Å². The molecule has 0 bridgehead atoms. The summed E-state index contributed by atoms with van der Waals surface area (Å²) in [6.45, 7) is 1.43. The summed E-state index contributed by atoms with van der Waals surface area (Å²) in [5.41, 5.74) is 1.87. The number of benzene rings is 2. The molecule has 0 aromatic heterocycles. The summed E-state index contributed by atoms with van der Waals surface area (Å²) < 4.78 is 30.8. The molecule has 0 fully saturated rings. The number of carbonyl (C=O) groups excluding carboxylic acids is 2. The number of hydrogen-bond donors (Lipinski definition) is 1.